The molecule has 0 aromatic heterocycles. The van der Waals surface area contributed by atoms with E-state index < -0.39 is 0 Å². The minimum atomic E-state index is 0. The first-order valence-electron chi connectivity index (χ1n) is 8.39. The zero-order chi connectivity index (χ0) is 15.6. The monoisotopic (exact) mass is 431 g/mol. The maximum atomic E-state index is 5.09. The number of rotatable bonds is 7. The van der Waals surface area contributed by atoms with Crippen LogP contribution in [0.15, 0.2) is 35.3 Å². The van der Waals surface area contributed by atoms with Crippen LogP contribution in [0.25, 0.3) is 0 Å². The van der Waals surface area contributed by atoms with Gasteiger partial charge in [-0.2, -0.15) is 0 Å². The number of hydrogen-bond donors (Lipinski definition) is 1. The highest BCUT2D eigenvalue weighted by atomic mass is 127. The Kier molecular flexibility index (Phi) is 10.3. The van der Waals surface area contributed by atoms with Gasteiger partial charge in [0.15, 0.2) is 5.96 Å². The number of methoxy groups -OCH3 is 1. The molecule has 1 fully saturated rings. The van der Waals surface area contributed by atoms with Crippen molar-refractivity contribution in [3.63, 3.8) is 0 Å². The van der Waals surface area contributed by atoms with Crippen LogP contribution in [0.5, 0.6) is 0 Å². The number of benzene rings is 1. The Morgan fingerprint density at radius 1 is 1.35 bits per heavy atom. The van der Waals surface area contributed by atoms with Crippen molar-refractivity contribution in [2.75, 3.05) is 39.9 Å². The number of hydrogen-bond acceptors (Lipinski definition) is 2. The number of nitrogens with one attached hydrogen (secondary N) is 1. The molecular formula is C18H30IN3O. The second-order valence-corrected chi connectivity index (χ2v) is 5.87. The topological polar surface area (TPSA) is 36.9 Å². The Morgan fingerprint density at radius 3 is 2.83 bits per heavy atom. The predicted octanol–water partition coefficient (Wildman–Crippen LogP) is 3.17. The molecule has 0 radical (unpaired) electrons. The summed E-state index contributed by atoms with van der Waals surface area (Å²) >= 11 is 0. The molecule has 1 N–H and O–H groups in total. The average Bonchev–Trinajstić information content (AvgIpc) is 3.00. The van der Waals surface area contributed by atoms with Gasteiger partial charge in [-0.1, -0.05) is 30.3 Å². The van der Waals surface area contributed by atoms with Crippen LogP contribution in [0.3, 0.4) is 0 Å². The van der Waals surface area contributed by atoms with Crippen molar-refractivity contribution in [3.8, 4) is 0 Å². The Hall–Kier alpha value is -0.820. The number of halogens is 1. The second-order valence-electron chi connectivity index (χ2n) is 5.87. The Bertz CT molecular complexity index is 453. The number of aliphatic imine (C=N–C) groups is 1. The standard InChI is InChI=1S/C18H29N3O.HI/c1-3-19-18(20-11-7-13-22-2)21-12-10-17(15-21)14-16-8-5-4-6-9-16;/h4-6,8-9,17H,3,7,10-15H2,1-2H3,(H,19,20);1H. The summed E-state index contributed by atoms with van der Waals surface area (Å²) in [5.74, 6) is 1.79. The molecule has 0 aliphatic carbocycles. The van der Waals surface area contributed by atoms with Crippen molar-refractivity contribution >= 4 is 29.9 Å². The summed E-state index contributed by atoms with van der Waals surface area (Å²) < 4.78 is 5.09. The van der Waals surface area contributed by atoms with Gasteiger partial charge in [0.25, 0.3) is 0 Å². The van der Waals surface area contributed by atoms with Crippen LogP contribution in [0.2, 0.25) is 0 Å². The van der Waals surface area contributed by atoms with Crippen LogP contribution in [0, 0.1) is 5.92 Å². The minimum absolute atomic E-state index is 0. The third kappa shape index (κ3) is 7.08. The van der Waals surface area contributed by atoms with Gasteiger partial charge >= 0.3 is 0 Å². The quantitative estimate of drug-likeness (QED) is 0.312. The maximum Gasteiger partial charge on any atom is 0.193 e. The average molecular weight is 431 g/mol. The van der Waals surface area contributed by atoms with E-state index in [2.05, 4.69) is 47.5 Å². The molecule has 1 aromatic rings. The van der Waals surface area contributed by atoms with Gasteiger partial charge in [0.1, 0.15) is 0 Å². The van der Waals surface area contributed by atoms with Crippen molar-refractivity contribution in [1.29, 1.82) is 0 Å². The molecule has 4 nitrogen and oxygen atoms in total. The molecule has 0 amide bonds. The third-order valence-corrected chi connectivity index (χ3v) is 4.06. The fourth-order valence-corrected chi connectivity index (χ4v) is 2.96. The lowest BCUT2D eigenvalue weighted by atomic mass is 9.99. The van der Waals surface area contributed by atoms with Crippen molar-refractivity contribution in [1.82, 2.24) is 10.2 Å². The molecule has 1 aromatic carbocycles. The molecule has 5 heteroatoms. The van der Waals surface area contributed by atoms with Crippen molar-refractivity contribution in [2.24, 2.45) is 10.9 Å². The van der Waals surface area contributed by atoms with Gasteiger partial charge in [0.2, 0.25) is 0 Å². The molecule has 1 aliphatic heterocycles. The highest BCUT2D eigenvalue weighted by Gasteiger charge is 2.24. The Labute approximate surface area is 157 Å². The third-order valence-electron chi connectivity index (χ3n) is 4.06. The van der Waals surface area contributed by atoms with Crippen LogP contribution in [-0.2, 0) is 11.2 Å². The van der Waals surface area contributed by atoms with Gasteiger partial charge < -0.3 is 15.0 Å². The van der Waals surface area contributed by atoms with Gasteiger partial charge in [-0.05, 0) is 37.7 Å². The SMILES string of the molecule is CCNC(=NCCCOC)N1CCC(Cc2ccccc2)C1.I. The van der Waals surface area contributed by atoms with Gasteiger partial charge in [-0.15, -0.1) is 24.0 Å². The van der Waals surface area contributed by atoms with E-state index in [0.29, 0.717) is 0 Å². The predicted molar refractivity (Wildman–Crippen MR) is 108 cm³/mol. The molecule has 1 heterocycles. The molecule has 1 saturated heterocycles. The lowest BCUT2D eigenvalue weighted by molar-refractivity contribution is 0.197. The zero-order valence-corrected chi connectivity index (χ0v) is 16.7. The second kappa shape index (κ2) is 11.7. The summed E-state index contributed by atoms with van der Waals surface area (Å²) in [7, 11) is 1.74. The van der Waals surface area contributed by atoms with Gasteiger partial charge in [0.05, 0.1) is 0 Å². The molecule has 130 valence electrons. The van der Waals surface area contributed by atoms with Gasteiger partial charge in [-0.25, -0.2) is 0 Å². The maximum absolute atomic E-state index is 5.09. The van der Waals surface area contributed by atoms with Crippen LogP contribution in [0.1, 0.15) is 25.3 Å². The summed E-state index contributed by atoms with van der Waals surface area (Å²) in [5, 5.41) is 3.42. The number of ether oxygens (including phenoxy) is 1. The highest BCUT2D eigenvalue weighted by Crippen LogP contribution is 2.20. The summed E-state index contributed by atoms with van der Waals surface area (Å²) in [6.45, 7) is 6.86. The largest absolute Gasteiger partial charge is 0.385 e. The van der Waals surface area contributed by atoms with E-state index in [1.807, 2.05) is 0 Å². The number of likely N-dealkylation sites (tertiary alicyclic amines) is 1. The Morgan fingerprint density at radius 2 is 2.13 bits per heavy atom. The van der Waals surface area contributed by atoms with E-state index in [-0.39, 0.29) is 24.0 Å². The number of nitrogens with zero attached hydrogens (tertiary/aromatic N) is 2. The minimum Gasteiger partial charge on any atom is -0.385 e. The fraction of sp³-hybridized carbons (Fsp3) is 0.611. The first-order valence-corrected chi connectivity index (χ1v) is 8.39. The van der Waals surface area contributed by atoms with Crippen LogP contribution in [0.4, 0.5) is 0 Å². The zero-order valence-electron chi connectivity index (χ0n) is 14.3. The van der Waals surface area contributed by atoms with E-state index >= 15 is 0 Å². The molecule has 1 unspecified atom stereocenters. The van der Waals surface area contributed by atoms with E-state index in [4.69, 9.17) is 9.73 Å². The smallest absolute Gasteiger partial charge is 0.193 e. The van der Waals surface area contributed by atoms with Gasteiger partial charge in [0, 0.05) is 39.9 Å². The molecular weight excluding hydrogens is 401 g/mol. The normalized spacial score (nSPS) is 17.9. The van der Waals surface area contributed by atoms with E-state index in [9.17, 15) is 0 Å². The molecule has 0 spiro atoms. The summed E-state index contributed by atoms with van der Waals surface area (Å²) in [4.78, 5) is 7.13. The van der Waals surface area contributed by atoms with Crippen molar-refractivity contribution < 1.29 is 4.74 Å². The lowest BCUT2D eigenvalue weighted by Crippen LogP contribution is -2.40. The molecule has 0 bridgehead atoms. The summed E-state index contributed by atoms with van der Waals surface area (Å²) in [5.41, 5.74) is 1.44. The van der Waals surface area contributed by atoms with E-state index in [1.165, 1.54) is 18.4 Å². The van der Waals surface area contributed by atoms with Crippen LogP contribution >= 0.6 is 24.0 Å². The highest BCUT2D eigenvalue weighted by molar-refractivity contribution is 14.0. The number of guanidine groups is 1. The first kappa shape index (κ1) is 20.2. The van der Waals surface area contributed by atoms with Gasteiger partial charge in [-0.3, -0.25) is 4.99 Å². The van der Waals surface area contributed by atoms with Crippen molar-refractivity contribution in [2.45, 2.75) is 26.2 Å². The van der Waals surface area contributed by atoms with Crippen LogP contribution < -0.4 is 5.32 Å². The molecule has 1 aliphatic rings. The lowest BCUT2D eigenvalue weighted by Gasteiger charge is -2.21. The van der Waals surface area contributed by atoms with Crippen molar-refractivity contribution in [3.05, 3.63) is 35.9 Å². The summed E-state index contributed by atoms with van der Waals surface area (Å²) in [6, 6.07) is 10.8. The van der Waals surface area contributed by atoms with Crippen LogP contribution in [-0.4, -0.2) is 50.8 Å². The molecule has 0 saturated carbocycles. The van der Waals surface area contributed by atoms with E-state index in [0.717, 1.165) is 51.1 Å². The van der Waals surface area contributed by atoms with E-state index in [1.54, 1.807) is 7.11 Å². The fourth-order valence-electron chi connectivity index (χ4n) is 2.96. The molecule has 23 heavy (non-hydrogen) atoms. The molecule has 1 atom stereocenters. The Balaban J connectivity index is 0.00000264. The molecule has 2 rings (SSSR count). The first-order chi connectivity index (χ1) is 10.8. The summed E-state index contributed by atoms with van der Waals surface area (Å²) in [6.07, 6.45) is 3.39.